The molecule has 0 bridgehead atoms. The van der Waals surface area contributed by atoms with Crippen LogP contribution >= 0.6 is 11.8 Å². The summed E-state index contributed by atoms with van der Waals surface area (Å²) >= 11 is 1.36. The highest BCUT2D eigenvalue weighted by atomic mass is 32.2. The van der Waals surface area contributed by atoms with Crippen molar-refractivity contribution >= 4 is 23.5 Å². The SMILES string of the molecule is CCCOc1ccccc1[C@H]1CC(=O)Nc2c1c(=O)nc(SCc1ccc(F)cc1)n2C. The number of hydrogen-bond donors (Lipinski definition) is 1. The molecule has 1 aliphatic heterocycles. The van der Waals surface area contributed by atoms with E-state index < -0.39 is 5.92 Å². The molecule has 32 heavy (non-hydrogen) atoms. The summed E-state index contributed by atoms with van der Waals surface area (Å²) in [7, 11) is 1.78. The Balaban J connectivity index is 1.70. The number of benzene rings is 2. The number of fused-ring (bicyclic) bond motifs is 1. The lowest BCUT2D eigenvalue weighted by Crippen LogP contribution is -2.33. The number of anilines is 1. The molecule has 1 aliphatic rings. The molecule has 8 heteroatoms. The van der Waals surface area contributed by atoms with E-state index in [9.17, 15) is 14.0 Å². The van der Waals surface area contributed by atoms with Crippen LogP contribution in [-0.4, -0.2) is 22.1 Å². The molecule has 0 saturated heterocycles. The van der Waals surface area contributed by atoms with Gasteiger partial charge in [0.05, 0.1) is 12.2 Å². The highest BCUT2D eigenvalue weighted by Crippen LogP contribution is 2.39. The second-order valence-electron chi connectivity index (χ2n) is 7.63. The van der Waals surface area contributed by atoms with Crippen LogP contribution in [0.3, 0.4) is 0 Å². The van der Waals surface area contributed by atoms with E-state index >= 15 is 0 Å². The number of nitrogens with one attached hydrogen (secondary N) is 1. The molecule has 0 spiro atoms. The molecule has 3 aromatic rings. The van der Waals surface area contributed by atoms with Gasteiger partial charge in [-0.1, -0.05) is 49.0 Å². The van der Waals surface area contributed by atoms with Crippen molar-refractivity contribution in [3.05, 3.63) is 81.4 Å². The van der Waals surface area contributed by atoms with E-state index in [1.807, 2.05) is 31.2 Å². The molecule has 0 radical (unpaired) electrons. The van der Waals surface area contributed by atoms with Crippen LogP contribution in [0.25, 0.3) is 0 Å². The minimum Gasteiger partial charge on any atom is -0.493 e. The van der Waals surface area contributed by atoms with E-state index in [0.29, 0.717) is 34.6 Å². The summed E-state index contributed by atoms with van der Waals surface area (Å²) in [5.41, 5.74) is 1.82. The Kier molecular flexibility index (Phi) is 6.60. The fourth-order valence-electron chi connectivity index (χ4n) is 3.77. The zero-order chi connectivity index (χ0) is 22.7. The third kappa shape index (κ3) is 4.55. The third-order valence-corrected chi connectivity index (χ3v) is 6.44. The van der Waals surface area contributed by atoms with Gasteiger partial charge in [0.25, 0.3) is 5.56 Å². The Morgan fingerprint density at radius 3 is 2.69 bits per heavy atom. The molecule has 0 aliphatic carbocycles. The van der Waals surface area contributed by atoms with Crippen LogP contribution in [0.1, 0.15) is 42.4 Å². The average Bonchev–Trinajstić information content (AvgIpc) is 2.79. The molecule has 6 nitrogen and oxygen atoms in total. The number of carbonyl (C=O) groups excluding carboxylic acids is 1. The van der Waals surface area contributed by atoms with Crippen LogP contribution in [-0.2, 0) is 17.6 Å². The summed E-state index contributed by atoms with van der Waals surface area (Å²) < 4.78 is 20.8. The molecule has 1 amide bonds. The second-order valence-corrected chi connectivity index (χ2v) is 8.57. The molecular formula is C24H24FN3O3S. The minimum absolute atomic E-state index is 0.151. The normalized spacial score (nSPS) is 15.2. The van der Waals surface area contributed by atoms with Crippen molar-refractivity contribution in [2.45, 2.75) is 36.6 Å². The largest absolute Gasteiger partial charge is 0.493 e. The standard InChI is InChI=1S/C24H24FN3O3S/c1-3-12-31-19-7-5-4-6-17(19)18-13-20(29)26-22-21(18)23(30)27-24(28(22)2)32-14-15-8-10-16(25)11-9-15/h4-11,18H,3,12-14H2,1-2H3,(H,26,29)/t18-/m1/s1. The number of halogens is 1. The number of thioether (sulfide) groups is 1. The zero-order valence-corrected chi connectivity index (χ0v) is 18.7. The number of rotatable bonds is 7. The molecule has 2 aromatic carbocycles. The minimum atomic E-state index is -0.436. The molecule has 1 N–H and O–H groups in total. The van der Waals surface area contributed by atoms with E-state index in [1.54, 1.807) is 23.7 Å². The van der Waals surface area contributed by atoms with Gasteiger partial charge in [0, 0.05) is 30.7 Å². The number of aromatic nitrogens is 2. The maximum Gasteiger partial charge on any atom is 0.279 e. The number of para-hydroxylation sites is 1. The molecule has 0 fully saturated rings. The van der Waals surface area contributed by atoms with Crippen molar-refractivity contribution in [1.29, 1.82) is 0 Å². The van der Waals surface area contributed by atoms with Gasteiger partial charge in [0.15, 0.2) is 5.16 Å². The fraction of sp³-hybridized carbons (Fsp3) is 0.292. The maximum absolute atomic E-state index is 13.2. The smallest absolute Gasteiger partial charge is 0.279 e. The van der Waals surface area contributed by atoms with Gasteiger partial charge >= 0.3 is 0 Å². The number of carbonyl (C=O) groups is 1. The Bertz CT molecular complexity index is 1190. The van der Waals surface area contributed by atoms with Gasteiger partial charge in [-0.15, -0.1) is 0 Å². The zero-order valence-electron chi connectivity index (χ0n) is 17.9. The fourth-order valence-corrected chi connectivity index (χ4v) is 4.69. The summed E-state index contributed by atoms with van der Waals surface area (Å²) in [6, 6.07) is 13.7. The van der Waals surface area contributed by atoms with Gasteiger partial charge in [0.1, 0.15) is 17.4 Å². The Hall–Kier alpha value is -3.13. The summed E-state index contributed by atoms with van der Waals surface area (Å²) in [6.45, 7) is 2.58. The molecule has 166 valence electrons. The quantitative estimate of drug-likeness (QED) is 0.422. The van der Waals surface area contributed by atoms with Crippen molar-refractivity contribution in [3.63, 3.8) is 0 Å². The summed E-state index contributed by atoms with van der Waals surface area (Å²) in [5.74, 6) is 0.757. The number of amides is 1. The Morgan fingerprint density at radius 1 is 1.19 bits per heavy atom. The molecule has 1 atom stereocenters. The van der Waals surface area contributed by atoms with Crippen molar-refractivity contribution in [2.75, 3.05) is 11.9 Å². The van der Waals surface area contributed by atoms with Gasteiger partial charge in [-0.05, 0) is 30.2 Å². The Morgan fingerprint density at radius 2 is 1.94 bits per heavy atom. The van der Waals surface area contributed by atoms with Crippen LogP contribution < -0.4 is 15.6 Å². The first kappa shape index (κ1) is 22.1. The third-order valence-electron chi connectivity index (χ3n) is 5.34. The lowest BCUT2D eigenvalue weighted by atomic mass is 9.86. The number of hydrogen-bond acceptors (Lipinski definition) is 5. The predicted molar refractivity (Wildman–Crippen MR) is 123 cm³/mol. The first-order chi connectivity index (χ1) is 15.5. The van der Waals surface area contributed by atoms with Crippen molar-refractivity contribution < 1.29 is 13.9 Å². The van der Waals surface area contributed by atoms with Gasteiger partial charge in [0.2, 0.25) is 5.91 Å². The maximum atomic E-state index is 13.2. The van der Waals surface area contributed by atoms with Crippen molar-refractivity contribution in [1.82, 2.24) is 9.55 Å². The summed E-state index contributed by atoms with van der Waals surface area (Å²) in [5, 5.41) is 3.34. The molecule has 0 saturated carbocycles. The molecule has 0 unspecified atom stereocenters. The van der Waals surface area contributed by atoms with Crippen molar-refractivity contribution in [2.24, 2.45) is 7.05 Å². The van der Waals surface area contributed by atoms with Gasteiger partial charge < -0.3 is 14.6 Å². The molecule has 1 aromatic heterocycles. The van der Waals surface area contributed by atoms with Crippen LogP contribution in [0.4, 0.5) is 10.2 Å². The summed E-state index contributed by atoms with van der Waals surface area (Å²) in [4.78, 5) is 30.0. The average molecular weight is 454 g/mol. The highest BCUT2D eigenvalue weighted by molar-refractivity contribution is 7.98. The molecule has 2 heterocycles. The predicted octanol–water partition coefficient (Wildman–Crippen LogP) is 4.47. The number of ether oxygens (including phenoxy) is 1. The van der Waals surface area contributed by atoms with Gasteiger partial charge in [-0.2, -0.15) is 4.98 Å². The monoisotopic (exact) mass is 453 g/mol. The van der Waals surface area contributed by atoms with Gasteiger partial charge in [-0.3, -0.25) is 9.59 Å². The van der Waals surface area contributed by atoms with Gasteiger partial charge in [-0.25, -0.2) is 4.39 Å². The first-order valence-electron chi connectivity index (χ1n) is 10.5. The first-order valence-corrected chi connectivity index (χ1v) is 11.5. The lowest BCUT2D eigenvalue weighted by molar-refractivity contribution is -0.116. The van der Waals surface area contributed by atoms with E-state index in [1.165, 1.54) is 23.9 Å². The van der Waals surface area contributed by atoms with Crippen LogP contribution in [0.15, 0.2) is 58.5 Å². The van der Waals surface area contributed by atoms with Crippen LogP contribution in [0.2, 0.25) is 0 Å². The van der Waals surface area contributed by atoms with Crippen LogP contribution in [0, 0.1) is 5.82 Å². The topological polar surface area (TPSA) is 73.2 Å². The summed E-state index contributed by atoms with van der Waals surface area (Å²) in [6.07, 6.45) is 1.01. The highest BCUT2D eigenvalue weighted by Gasteiger charge is 2.33. The second kappa shape index (κ2) is 9.56. The van der Waals surface area contributed by atoms with E-state index in [-0.39, 0.29) is 23.7 Å². The molecular weight excluding hydrogens is 429 g/mol. The van der Waals surface area contributed by atoms with E-state index in [4.69, 9.17) is 4.74 Å². The van der Waals surface area contributed by atoms with Crippen LogP contribution in [0.5, 0.6) is 5.75 Å². The van der Waals surface area contributed by atoms with E-state index in [2.05, 4.69) is 10.3 Å². The molecule has 4 rings (SSSR count). The Labute approximate surface area is 189 Å². The lowest BCUT2D eigenvalue weighted by Gasteiger charge is -2.28. The van der Waals surface area contributed by atoms with Crippen molar-refractivity contribution in [3.8, 4) is 5.75 Å². The number of nitrogens with zero attached hydrogens (tertiary/aromatic N) is 2. The van der Waals surface area contributed by atoms with E-state index in [0.717, 1.165) is 17.5 Å².